The van der Waals surface area contributed by atoms with Gasteiger partial charge in [0, 0.05) is 18.6 Å². The lowest BCUT2D eigenvalue weighted by molar-refractivity contribution is -0.385. The highest BCUT2D eigenvalue weighted by molar-refractivity contribution is 7.92. The maximum Gasteiger partial charge on any atom is 0.273 e. The Labute approximate surface area is 142 Å². The molecular formula is C15H14FN3O5S. The number of nitrogens with zero attached hydrogens (tertiary/aromatic N) is 1. The molecule has 0 atom stereocenters. The Kier molecular flexibility index (Phi) is 5.02. The van der Waals surface area contributed by atoms with Gasteiger partial charge < -0.3 is 5.32 Å². The van der Waals surface area contributed by atoms with Crippen LogP contribution in [-0.2, 0) is 14.8 Å². The third-order valence-electron chi connectivity index (χ3n) is 3.22. The van der Waals surface area contributed by atoms with Gasteiger partial charge in [-0.25, -0.2) is 12.8 Å². The lowest BCUT2D eigenvalue weighted by Crippen LogP contribution is -2.14. The molecule has 8 nitrogen and oxygen atoms in total. The van der Waals surface area contributed by atoms with Crippen LogP contribution in [0.2, 0.25) is 0 Å². The molecule has 2 aromatic carbocycles. The summed E-state index contributed by atoms with van der Waals surface area (Å²) in [5, 5.41) is 13.2. The molecule has 10 heteroatoms. The molecule has 0 aromatic heterocycles. The van der Waals surface area contributed by atoms with E-state index in [9.17, 15) is 27.7 Å². The van der Waals surface area contributed by atoms with Crippen molar-refractivity contribution in [2.24, 2.45) is 0 Å². The maximum absolute atomic E-state index is 13.6. The standard InChI is InChI=1S/C15H14FN3O5S/c1-9-3-5-12(8-15(9)19(21)22)25(23,24)18-11-4-6-13(16)14(7-11)17-10(2)20/h3-8,18H,1-2H3,(H,17,20). The number of aryl methyl sites for hydroxylation is 1. The van der Waals surface area contributed by atoms with Crippen LogP contribution in [0.15, 0.2) is 41.3 Å². The van der Waals surface area contributed by atoms with E-state index in [4.69, 9.17) is 0 Å². The molecule has 1 amide bonds. The van der Waals surface area contributed by atoms with Crippen LogP contribution in [0.25, 0.3) is 0 Å². The highest BCUT2D eigenvalue weighted by Crippen LogP contribution is 2.25. The smallest absolute Gasteiger partial charge is 0.273 e. The van der Waals surface area contributed by atoms with Crippen LogP contribution >= 0.6 is 0 Å². The van der Waals surface area contributed by atoms with E-state index in [1.54, 1.807) is 0 Å². The summed E-state index contributed by atoms with van der Waals surface area (Å²) >= 11 is 0. The highest BCUT2D eigenvalue weighted by Gasteiger charge is 2.20. The fraction of sp³-hybridized carbons (Fsp3) is 0.133. The van der Waals surface area contributed by atoms with Crippen molar-refractivity contribution in [3.05, 3.63) is 57.9 Å². The van der Waals surface area contributed by atoms with Crippen molar-refractivity contribution < 1.29 is 22.5 Å². The molecular weight excluding hydrogens is 353 g/mol. The van der Waals surface area contributed by atoms with E-state index in [1.165, 1.54) is 32.0 Å². The number of nitro benzene ring substituents is 1. The second-order valence-corrected chi connectivity index (χ2v) is 6.87. The number of nitrogens with one attached hydrogen (secondary N) is 2. The van der Waals surface area contributed by atoms with Gasteiger partial charge in [0.15, 0.2) is 0 Å². The fourth-order valence-electron chi connectivity index (χ4n) is 2.04. The Balaban J connectivity index is 2.38. The number of sulfonamides is 1. The van der Waals surface area contributed by atoms with Crippen LogP contribution < -0.4 is 10.0 Å². The number of hydrogen-bond donors (Lipinski definition) is 2. The van der Waals surface area contributed by atoms with Gasteiger partial charge >= 0.3 is 0 Å². The van der Waals surface area contributed by atoms with E-state index in [1.807, 2.05) is 0 Å². The SMILES string of the molecule is CC(=O)Nc1cc(NS(=O)(=O)c2ccc(C)c([N+](=O)[O-])c2)ccc1F. The summed E-state index contributed by atoms with van der Waals surface area (Å²) in [7, 11) is -4.13. The zero-order valence-corrected chi connectivity index (χ0v) is 14.1. The van der Waals surface area contributed by atoms with Crippen molar-refractivity contribution in [1.82, 2.24) is 0 Å². The number of rotatable bonds is 5. The zero-order chi connectivity index (χ0) is 18.8. The zero-order valence-electron chi connectivity index (χ0n) is 13.2. The number of carbonyl (C=O) groups excluding carboxylic acids is 1. The molecule has 0 saturated carbocycles. The van der Waals surface area contributed by atoms with Crippen molar-refractivity contribution in [2.75, 3.05) is 10.0 Å². The molecule has 0 aliphatic heterocycles. The largest absolute Gasteiger partial charge is 0.324 e. The van der Waals surface area contributed by atoms with Gasteiger partial charge in [-0.1, -0.05) is 6.07 Å². The fourth-order valence-corrected chi connectivity index (χ4v) is 3.11. The molecule has 0 bridgehead atoms. The summed E-state index contributed by atoms with van der Waals surface area (Å²) in [6.07, 6.45) is 0. The molecule has 0 radical (unpaired) electrons. The van der Waals surface area contributed by atoms with Gasteiger partial charge in [0.2, 0.25) is 5.91 Å². The van der Waals surface area contributed by atoms with Gasteiger partial charge in [0.1, 0.15) is 5.82 Å². The van der Waals surface area contributed by atoms with E-state index in [0.717, 1.165) is 18.2 Å². The van der Waals surface area contributed by atoms with Crippen LogP contribution in [0.4, 0.5) is 21.5 Å². The lowest BCUT2D eigenvalue weighted by Gasteiger charge is -2.11. The van der Waals surface area contributed by atoms with Crippen molar-refractivity contribution in [2.45, 2.75) is 18.7 Å². The topological polar surface area (TPSA) is 118 Å². The molecule has 0 saturated heterocycles. The van der Waals surface area contributed by atoms with Crippen LogP contribution in [0, 0.1) is 22.9 Å². The first kappa shape index (κ1) is 18.3. The molecule has 0 heterocycles. The summed E-state index contributed by atoms with van der Waals surface area (Å²) in [5.41, 5.74) is -0.212. The van der Waals surface area contributed by atoms with Crippen molar-refractivity contribution in [3.63, 3.8) is 0 Å². The predicted molar refractivity (Wildman–Crippen MR) is 89.3 cm³/mol. The second-order valence-electron chi connectivity index (χ2n) is 5.19. The molecule has 132 valence electrons. The molecule has 0 unspecified atom stereocenters. The average Bonchev–Trinajstić information content (AvgIpc) is 2.49. The molecule has 25 heavy (non-hydrogen) atoms. The molecule has 0 fully saturated rings. The maximum atomic E-state index is 13.6. The number of amides is 1. The van der Waals surface area contributed by atoms with Crippen molar-refractivity contribution in [3.8, 4) is 0 Å². The molecule has 2 N–H and O–H groups in total. The number of halogens is 1. The monoisotopic (exact) mass is 367 g/mol. The van der Waals surface area contributed by atoms with Crippen LogP contribution in [0.5, 0.6) is 0 Å². The van der Waals surface area contributed by atoms with Gasteiger partial charge in [-0.2, -0.15) is 0 Å². The van der Waals surface area contributed by atoms with Crippen molar-refractivity contribution >= 4 is 33.0 Å². The summed E-state index contributed by atoms with van der Waals surface area (Å²) in [6.45, 7) is 2.67. The quantitative estimate of drug-likeness (QED) is 0.622. The van der Waals surface area contributed by atoms with Gasteiger partial charge in [-0.15, -0.1) is 0 Å². The molecule has 0 aliphatic carbocycles. The summed E-state index contributed by atoms with van der Waals surface area (Å²) in [4.78, 5) is 21.0. The highest BCUT2D eigenvalue weighted by atomic mass is 32.2. The minimum atomic E-state index is -4.13. The minimum absolute atomic E-state index is 0.00613. The third-order valence-corrected chi connectivity index (χ3v) is 4.60. The van der Waals surface area contributed by atoms with Gasteiger partial charge in [-0.3, -0.25) is 19.6 Å². The summed E-state index contributed by atoms with van der Waals surface area (Å²) in [5.74, 6) is -1.25. The minimum Gasteiger partial charge on any atom is -0.324 e. The van der Waals surface area contributed by atoms with E-state index in [2.05, 4.69) is 10.0 Å². The van der Waals surface area contributed by atoms with Gasteiger partial charge in [-0.05, 0) is 31.2 Å². The summed E-state index contributed by atoms with van der Waals surface area (Å²) in [6, 6.07) is 6.75. The lowest BCUT2D eigenvalue weighted by atomic mass is 10.2. The van der Waals surface area contributed by atoms with Crippen molar-refractivity contribution in [1.29, 1.82) is 0 Å². The van der Waals surface area contributed by atoms with Gasteiger partial charge in [0.25, 0.3) is 15.7 Å². The Hall–Kier alpha value is -3.01. The van der Waals surface area contributed by atoms with Crippen LogP contribution in [-0.4, -0.2) is 19.2 Å². The first-order valence-electron chi connectivity index (χ1n) is 6.95. The van der Waals surface area contributed by atoms with E-state index >= 15 is 0 Å². The third kappa shape index (κ3) is 4.29. The molecule has 0 aliphatic rings. The van der Waals surface area contributed by atoms with E-state index in [0.29, 0.717) is 5.56 Å². The first-order chi connectivity index (χ1) is 11.6. The van der Waals surface area contributed by atoms with E-state index in [-0.39, 0.29) is 22.0 Å². The number of nitro groups is 1. The normalized spacial score (nSPS) is 11.0. The Morgan fingerprint density at radius 2 is 1.88 bits per heavy atom. The van der Waals surface area contributed by atoms with Crippen LogP contribution in [0.1, 0.15) is 12.5 Å². The van der Waals surface area contributed by atoms with Crippen LogP contribution in [0.3, 0.4) is 0 Å². The molecule has 2 aromatic rings. The number of hydrogen-bond acceptors (Lipinski definition) is 5. The summed E-state index contributed by atoms with van der Waals surface area (Å²) < 4.78 is 40.6. The van der Waals surface area contributed by atoms with E-state index < -0.39 is 26.7 Å². The first-order valence-corrected chi connectivity index (χ1v) is 8.43. The second kappa shape index (κ2) is 6.85. The molecule has 2 rings (SSSR count). The Bertz CT molecular complexity index is 960. The Morgan fingerprint density at radius 1 is 1.20 bits per heavy atom. The molecule has 0 spiro atoms. The Morgan fingerprint density at radius 3 is 2.48 bits per heavy atom. The number of benzene rings is 2. The van der Waals surface area contributed by atoms with Gasteiger partial charge in [0.05, 0.1) is 21.2 Å². The average molecular weight is 367 g/mol. The number of carbonyl (C=O) groups is 1. The number of anilines is 2. The predicted octanol–water partition coefficient (Wildman–Crippen LogP) is 2.80.